The van der Waals surface area contributed by atoms with Gasteiger partial charge < -0.3 is 5.32 Å². The molecule has 0 radical (unpaired) electrons. The van der Waals surface area contributed by atoms with Crippen LogP contribution in [0.3, 0.4) is 0 Å². The zero-order chi connectivity index (χ0) is 20.1. The fraction of sp³-hybridized carbons (Fsp3) is 0.133. The molecule has 0 unspecified atom stereocenters. The van der Waals surface area contributed by atoms with Crippen LogP contribution < -0.4 is 5.32 Å². The summed E-state index contributed by atoms with van der Waals surface area (Å²) in [6, 6.07) is 1.82. The second kappa shape index (κ2) is 6.41. The van der Waals surface area contributed by atoms with Crippen LogP contribution in [0.15, 0.2) is 18.2 Å². The van der Waals surface area contributed by atoms with E-state index < -0.39 is 51.6 Å². The normalized spacial score (nSPS) is 11.9. The fourth-order valence-corrected chi connectivity index (χ4v) is 2.41. The Hall–Kier alpha value is -2.82. The van der Waals surface area contributed by atoms with Gasteiger partial charge in [-0.3, -0.25) is 4.79 Å². The van der Waals surface area contributed by atoms with Gasteiger partial charge in [-0.05, 0) is 24.6 Å². The number of rotatable bonds is 3. The zero-order valence-corrected chi connectivity index (χ0v) is 13.9. The van der Waals surface area contributed by atoms with E-state index >= 15 is 0 Å². The Balaban J connectivity index is 2.06. The zero-order valence-electron chi connectivity index (χ0n) is 13.1. The van der Waals surface area contributed by atoms with Gasteiger partial charge in [0.1, 0.15) is 11.4 Å². The number of aryl methyl sites for hydroxylation is 1. The van der Waals surface area contributed by atoms with E-state index in [-0.39, 0.29) is 17.4 Å². The van der Waals surface area contributed by atoms with Crippen LogP contribution in [0.1, 0.15) is 21.9 Å². The number of nitrogens with one attached hydrogen (secondary N) is 1. The van der Waals surface area contributed by atoms with Crippen LogP contribution in [0, 0.1) is 30.2 Å². The molecule has 12 heteroatoms. The molecule has 1 amide bonds. The van der Waals surface area contributed by atoms with Crippen molar-refractivity contribution in [3.8, 4) is 0 Å². The summed E-state index contributed by atoms with van der Waals surface area (Å²) in [4.78, 5) is 16.0. The van der Waals surface area contributed by atoms with Crippen molar-refractivity contribution in [3.63, 3.8) is 0 Å². The van der Waals surface area contributed by atoms with E-state index in [4.69, 9.17) is 11.6 Å². The van der Waals surface area contributed by atoms with Crippen molar-refractivity contribution >= 4 is 28.8 Å². The highest BCUT2D eigenvalue weighted by molar-refractivity contribution is 6.21. The lowest BCUT2D eigenvalue weighted by molar-refractivity contribution is 0.0868. The third-order valence-corrected chi connectivity index (χ3v) is 3.62. The van der Waals surface area contributed by atoms with Crippen LogP contribution in [0.25, 0.3) is 5.65 Å². The van der Waals surface area contributed by atoms with E-state index in [0.29, 0.717) is 4.52 Å². The van der Waals surface area contributed by atoms with Crippen LogP contribution in [0.4, 0.5) is 32.0 Å². The van der Waals surface area contributed by atoms with E-state index in [1.165, 1.54) is 6.92 Å². The molecule has 0 saturated carbocycles. The van der Waals surface area contributed by atoms with Crippen LogP contribution >= 0.6 is 11.6 Å². The SMILES string of the molecule is Cc1cc(C(F)(F)Cl)n2nc(C(=O)Nc3c(F)c(F)cc(F)c3F)cc2n1. The van der Waals surface area contributed by atoms with E-state index in [0.717, 1.165) is 12.1 Å². The van der Waals surface area contributed by atoms with Crippen molar-refractivity contribution < 1.29 is 31.1 Å². The Morgan fingerprint density at radius 3 is 2.26 bits per heavy atom. The average molecular weight is 409 g/mol. The predicted molar refractivity (Wildman–Crippen MR) is 81.7 cm³/mol. The first-order valence-electron chi connectivity index (χ1n) is 7.08. The number of anilines is 1. The van der Waals surface area contributed by atoms with Crippen LogP contribution in [-0.2, 0) is 5.38 Å². The minimum atomic E-state index is -3.85. The number of carbonyl (C=O) groups is 1. The Morgan fingerprint density at radius 2 is 1.70 bits per heavy atom. The highest BCUT2D eigenvalue weighted by Crippen LogP contribution is 2.33. The second-order valence-corrected chi connectivity index (χ2v) is 5.85. The maximum Gasteiger partial charge on any atom is 0.364 e. The monoisotopic (exact) mass is 408 g/mol. The van der Waals surface area contributed by atoms with Crippen molar-refractivity contribution in [2.45, 2.75) is 12.3 Å². The standard InChI is InChI=1S/C15H7ClF6N4O/c1-5-2-9(15(16,21)22)26-10(23-5)4-8(25-26)14(27)24-13-11(19)6(17)3-7(18)12(13)20/h2-4H,1H3,(H,24,27). The van der Waals surface area contributed by atoms with Gasteiger partial charge in [-0.15, -0.1) is 0 Å². The number of aromatic nitrogens is 3. The lowest BCUT2D eigenvalue weighted by atomic mass is 10.2. The quantitative estimate of drug-likeness (QED) is 0.403. The number of hydrogen-bond donors (Lipinski definition) is 1. The molecule has 3 rings (SSSR count). The highest BCUT2D eigenvalue weighted by Gasteiger charge is 2.33. The van der Waals surface area contributed by atoms with Crippen LogP contribution in [0.2, 0.25) is 0 Å². The fourth-order valence-electron chi connectivity index (χ4n) is 2.27. The van der Waals surface area contributed by atoms with Crippen molar-refractivity contribution in [2.75, 3.05) is 5.32 Å². The number of fused-ring (bicyclic) bond motifs is 1. The molecule has 27 heavy (non-hydrogen) atoms. The third-order valence-electron chi connectivity index (χ3n) is 3.43. The first kappa shape index (κ1) is 19.0. The molecule has 0 saturated heterocycles. The van der Waals surface area contributed by atoms with E-state index in [9.17, 15) is 31.1 Å². The number of benzene rings is 1. The van der Waals surface area contributed by atoms with Gasteiger partial charge in [0.2, 0.25) is 0 Å². The number of hydrogen-bond acceptors (Lipinski definition) is 3. The molecule has 5 nitrogen and oxygen atoms in total. The number of nitrogens with zero attached hydrogens (tertiary/aromatic N) is 3. The molecule has 0 bridgehead atoms. The molecule has 0 aliphatic rings. The lowest BCUT2D eigenvalue weighted by Gasteiger charge is -2.10. The summed E-state index contributed by atoms with van der Waals surface area (Å²) in [6.45, 7) is 1.39. The molecule has 2 heterocycles. The molecule has 1 aromatic carbocycles. The largest absolute Gasteiger partial charge is 0.364 e. The van der Waals surface area contributed by atoms with Gasteiger partial charge >= 0.3 is 5.38 Å². The number of alkyl halides is 3. The van der Waals surface area contributed by atoms with Gasteiger partial charge in [-0.2, -0.15) is 13.9 Å². The summed E-state index contributed by atoms with van der Waals surface area (Å²) in [6.07, 6.45) is 0. The van der Waals surface area contributed by atoms with Gasteiger partial charge in [-0.25, -0.2) is 27.1 Å². The van der Waals surface area contributed by atoms with Gasteiger partial charge in [0.15, 0.2) is 34.6 Å². The Labute approximate surface area is 151 Å². The number of amides is 1. The summed E-state index contributed by atoms with van der Waals surface area (Å²) in [5, 5.41) is 1.33. The van der Waals surface area contributed by atoms with Gasteiger partial charge in [0.25, 0.3) is 5.91 Å². The van der Waals surface area contributed by atoms with E-state index in [2.05, 4.69) is 10.1 Å². The smallest absolute Gasteiger partial charge is 0.315 e. The molecular formula is C15H7ClF6N4O. The first-order valence-corrected chi connectivity index (χ1v) is 7.46. The van der Waals surface area contributed by atoms with Gasteiger partial charge in [0, 0.05) is 17.8 Å². The van der Waals surface area contributed by atoms with Crippen molar-refractivity contribution in [1.29, 1.82) is 0 Å². The summed E-state index contributed by atoms with van der Waals surface area (Å²) in [7, 11) is 0. The van der Waals surface area contributed by atoms with Crippen LogP contribution in [-0.4, -0.2) is 20.5 Å². The molecular weight excluding hydrogens is 402 g/mol. The van der Waals surface area contributed by atoms with Gasteiger partial charge in [0.05, 0.1) is 0 Å². The summed E-state index contributed by atoms with van der Waals surface area (Å²) < 4.78 is 81.3. The molecule has 2 aromatic heterocycles. The Kier molecular flexibility index (Phi) is 4.50. The molecule has 142 valence electrons. The Bertz CT molecular complexity index is 1050. The minimum Gasteiger partial charge on any atom is -0.315 e. The van der Waals surface area contributed by atoms with E-state index in [1.54, 1.807) is 5.32 Å². The van der Waals surface area contributed by atoms with Gasteiger partial charge in [-0.1, -0.05) is 0 Å². The average Bonchev–Trinajstić information content (AvgIpc) is 2.99. The second-order valence-electron chi connectivity index (χ2n) is 5.38. The molecule has 0 aliphatic heterocycles. The maximum absolute atomic E-state index is 13.6. The first-order chi connectivity index (χ1) is 12.5. The summed E-state index contributed by atoms with van der Waals surface area (Å²) in [5.74, 6) is -8.47. The van der Waals surface area contributed by atoms with Crippen molar-refractivity contribution in [1.82, 2.24) is 14.6 Å². The minimum absolute atomic E-state index is 0.0350. The lowest BCUT2D eigenvalue weighted by Crippen LogP contribution is -2.17. The molecule has 0 atom stereocenters. The molecule has 0 fully saturated rings. The summed E-state index contributed by atoms with van der Waals surface area (Å²) >= 11 is 5.00. The maximum atomic E-state index is 13.6. The Morgan fingerprint density at radius 1 is 1.11 bits per heavy atom. The van der Waals surface area contributed by atoms with Crippen LogP contribution in [0.5, 0.6) is 0 Å². The van der Waals surface area contributed by atoms with E-state index in [1.807, 2.05) is 0 Å². The van der Waals surface area contributed by atoms with Crippen molar-refractivity contribution in [2.24, 2.45) is 0 Å². The third kappa shape index (κ3) is 3.42. The molecule has 0 aliphatic carbocycles. The molecule has 3 aromatic rings. The number of halogens is 7. The topological polar surface area (TPSA) is 59.3 Å². The predicted octanol–water partition coefficient (Wildman–Crippen LogP) is 4.13. The summed E-state index contributed by atoms with van der Waals surface area (Å²) in [5.41, 5.74) is -2.86. The molecule has 0 spiro atoms. The van der Waals surface area contributed by atoms with Crippen molar-refractivity contribution in [3.05, 3.63) is 58.5 Å². The number of carbonyl (C=O) groups excluding carboxylic acids is 1. The molecule has 1 N–H and O–H groups in total. The highest BCUT2D eigenvalue weighted by atomic mass is 35.5.